The van der Waals surface area contributed by atoms with Gasteiger partial charge >= 0.3 is 5.97 Å². The Balaban J connectivity index is 1.51. The van der Waals surface area contributed by atoms with Gasteiger partial charge in [0.1, 0.15) is 6.10 Å². The van der Waals surface area contributed by atoms with E-state index in [0.29, 0.717) is 25.6 Å². The monoisotopic (exact) mass is 270 g/mol. The predicted molar refractivity (Wildman–Crippen MR) is 71.9 cm³/mol. The van der Waals surface area contributed by atoms with Gasteiger partial charge < -0.3 is 14.2 Å². The minimum atomic E-state index is -0.119. The molecule has 0 aromatic rings. The Morgan fingerprint density at radius 1 is 1.26 bits per heavy atom. The molecule has 1 saturated heterocycles. The molecule has 2 aliphatic rings. The van der Waals surface area contributed by atoms with Crippen LogP contribution in [0.3, 0.4) is 0 Å². The SMILES string of the molecule is CC1CCCC(OC(=O)CCOCC2CCCO2)C1. The molecule has 1 aliphatic carbocycles. The van der Waals surface area contributed by atoms with Gasteiger partial charge in [-0.3, -0.25) is 4.79 Å². The summed E-state index contributed by atoms with van der Waals surface area (Å²) in [6.45, 7) is 4.12. The second kappa shape index (κ2) is 7.85. The van der Waals surface area contributed by atoms with Gasteiger partial charge in [-0.2, -0.15) is 0 Å². The van der Waals surface area contributed by atoms with Gasteiger partial charge in [-0.1, -0.05) is 13.3 Å². The molecule has 1 saturated carbocycles. The highest BCUT2D eigenvalue weighted by molar-refractivity contribution is 5.69. The molecule has 110 valence electrons. The summed E-state index contributed by atoms with van der Waals surface area (Å²) >= 11 is 0. The zero-order valence-corrected chi connectivity index (χ0v) is 11.9. The molecular weight excluding hydrogens is 244 g/mol. The van der Waals surface area contributed by atoms with Crippen LogP contribution >= 0.6 is 0 Å². The van der Waals surface area contributed by atoms with Crippen molar-refractivity contribution in [2.45, 2.75) is 64.1 Å². The first kappa shape index (κ1) is 14.8. The van der Waals surface area contributed by atoms with Crippen LogP contribution in [0.1, 0.15) is 51.9 Å². The van der Waals surface area contributed by atoms with Crippen LogP contribution in [-0.4, -0.2) is 38.0 Å². The van der Waals surface area contributed by atoms with Gasteiger partial charge in [0.15, 0.2) is 0 Å². The quantitative estimate of drug-likeness (QED) is 0.550. The summed E-state index contributed by atoms with van der Waals surface area (Å²) in [5.41, 5.74) is 0. The van der Waals surface area contributed by atoms with Crippen LogP contribution < -0.4 is 0 Å². The van der Waals surface area contributed by atoms with E-state index in [1.807, 2.05) is 0 Å². The third kappa shape index (κ3) is 5.49. The number of esters is 1. The predicted octanol–water partition coefficient (Wildman–Crippen LogP) is 2.69. The summed E-state index contributed by atoms with van der Waals surface area (Å²) in [6, 6.07) is 0. The highest BCUT2D eigenvalue weighted by atomic mass is 16.6. The normalized spacial score (nSPS) is 31.3. The highest BCUT2D eigenvalue weighted by Gasteiger charge is 2.22. The second-order valence-corrected chi connectivity index (χ2v) is 5.84. The minimum Gasteiger partial charge on any atom is -0.462 e. The smallest absolute Gasteiger partial charge is 0.308 e. The van der Waals surface area contributed by atoms with Crippen molar-refractivity contribution in [2.24, 2.45) is 5.92 Å². The van der Waals surface area contributed by atoms with Crippen LogP contribution in [0.4, 0.5) is 0 Å². The lowest BCUT2D eigenvalue weighted by molar-refractivity contribution is -0.152. The lowest BCUT2D eigenvalue weighted by Crippen LogP contribution is -2.25. The largest absolute Gasteiger partial charge is 0.462 e. The lowest BCUT2D eigenvalue weighted by Gasteiger charge is -2.26. The number of rotatable bonds is 6. The Bertz CT molecular complexity index is 273. The number of ether oxygens (including phenoxy) is 3. The van der Waals surface area contributed by atoms with Crippen molar-refractivity contribution < 1.29 is 19.0 Å². The van der Waals surface area contributed by atoms with Crippen LogP contribution in [0, 0.1) is 5.92 Å². The number of carbonyl (C=O) groups is 1. The Labute approximate surface area is 115 Å². The van der Waals surface area contributed by atoms with Gasteiger partial charge in [0.05, 0.1) is 25.7 Å². The molecule has 0 bridgehead atoms. The van der Waals surface area contributed by atoms with Crippen LogP contribution in [0.5, 0.6) is 0 Å². The molecule has 19 heavy (non-hydrogen) atoms. The molecule has 0 radical (unpaired) electrons. The molecule has 3 unspecified atom stereocenters. The fourth-order valence-corrected chi connectivity index (χ4v) is 2.88. The van der Waals surface area contributed by atoms with Crippen LogP contribution in [0.25, 0.3) is 0 Å². The summed E-state index contributed by atoms with van der Waals surface area (Å²) in [6.07, 6.45) is 7.39. The van der Waals surface area contributed by atoms with Gasteiger partial charge in [-0.25, -0.2) is 0 Å². The Morgan fingerprint density at radius 3 is 2.89 bits per heavy atom. The highest BCUT2D eigenvalue weighted by Crippen LogP contribution is 2.25. The summed E-state index contributed by atoms with van der Waals surface area (Å²) in [5, 5.41) is 0. The zero-order valence-electron chi connectivity index (χ0n) is 11.9. The van der Waals surface area contributed by atoms with Crippen LogP contribution in [0.2, 0.25) is 0 Å². The molecule has 0 spiro atoms. The molecule has 4 heteroatoms. The molecule has 1 aliphatic heterocycles. The summed E-state index contributed by atoms with van der Waals surface area (Å²) in [4.78, 5) is 11.7. The van der Waals surface area contributed by atoms with E-state index in [4.69, 9.17) is 14.2 Å². The van der Waals surface area contributed by atoms with Gasteiger partial charge in [0.25, 0.3) is 0 Å². The van der Waals surface area contributed by atoms with Crippen molar-refractivity contribution >= 4 is 5.97 Å². The topological polar surface area (TPSA) is 44.8 Å². The molecule has 1 heterocycles. The molecule has 3 atom stereocenters. The first-order chi connectivity index (χ1) is 9.24. The van der Waals surface area contributed by atoms with E-state index >= 15 is 0 Å². The maximum Gasteiger partial charge on any atom is 0.308 e. The van der Waals surface area contributed by atoms with Gasteiger partial charge in [-0.05, 0) is 38.0 Å². The summed E-state index contributed by atoms with van der Waals surface area (Å²) < 4.78 is 16.4. The Morgan fingerprint density at radius 2 is 2.16 bits per heavy atom. The lowest BCUT2D eigenvalue weighted by atomic mass is 9.89. The van der Waals surface area contributed by atoms with Crippen molar-refractivity contribution in [1.82, 2.24) is 0 Å². The Kier molecular flexibility index (Phi) is 6.11. The van der Waals surface area contributed by atoms with Crippen molar-refractivity contribution in [3.63, 3.8) is 0 Å². The van der Waals surface area contributed by atoms with E-state index in [0.717, 1.165) is 32.3 Å². The second-order valence-electron chi connectivity index (χ2n) is 5.84. The molecular formula is C15H26O4. The molecule has 4 nitrogen and oxygen atoms in total. The van der Waals surface area contributed by atoms with Gasteiger partial charge in [0.2, 0.25) is 0 Å². The van der Waals surface area contributed by atoms with E-state index in [2.05, 4.69) is 6.92 Å². The molecule has 0 aromatic heterocycles. The zero-order chi connectivity index (χ0) is 13.5. The van der Waals surface area contributed by atoms with E-state index in [9.17, 15) is 4.79 Å². The minimum absolute atomic E-state index is 0.119. The van der Waals surface area contributed by atoms with Crippen molar-refractivity contribution in [3.05, 3.63) is 0 Å². The first-order valence-corrected chi connectivity index (χ1v) is 7.63. The van der Waals surface area contributed by atoms with Crippen LogP contribution in [0.15, 0.2) is 0 Å². The van der Waals surface area contributed by atoms with Crippen LogP contribution in [-0.2, 0) is 19.0 Å². The summed E-state index contributed by atoms with van der Waals surface area (Å²) in [7, 11) is 0. The van der Waals surface area contributed by atoms with Gasteiger partial charge in [-0.15, -0.1) is 0 Å². The van der Waals surface area contributed by atoms with Crippen molar-refractivity contribution in [1.29, 1.82) is 0 Å². The average molecular weight is 270 g/mol. The van der Waals surface area contributed by atoms with E-state index in [1.165, 1.54) is 12.8 Å². The van der Waals surface area contributed by atoms with E-state index < -0.39 is 0 Å². The molecule has 0 N–H and O–H groups in total. The third-order valence-corrected chi connectivity index (χ3v) is 3.96. The maximum atomic E-state index is 11.7. The fourth-order valence-electron chi connectivity index (χ4n) is 2.88. The number of hydrogen-bond donors (Lipinski definition) is 0. The first-order valence-electron chi connectivity index (χ1n) is 7.63. The Hall–Kier alpha value is -0.610. The van der Waals surface area contributed by atoms with Crippen molar-refractivity contribution in [2.75, 3.05) is 19.8 Å². The third-order valence-electron chi connectivity index (χ3n) is 3.96. The van der Waals surface area contributed by atoms with Crippen molar-refractivity contribution in [3.8, 4) is 0 Å². The molecule has 0 aromatic carbocycles. The van der Waals surface area contributed by atoms with E-state index in [-0.39, 0.29) is 18.2 Å². The molecule has 2 fully saturated rings. The standard InChI is InChI=1S/C15H26O4/c1-12-4-2-5-13(10-12)19-15(16)7-9-17-11-14-6-3-8-18-14/h12-14H,2-11H2,1H3. The van der Waals surface area contributed by atoms with E-state index in [1.54, 1.807) is 0 Å². The number of hydrogen-bond acceptors (Lipinski definition) is 4. The molecule has 2 rings (SSSR count). The summed E-state index contributed by atoms with van der Waals surface area (Å²) in [5.74, 6) is 0.564. The molecule has 0 amide bonds. The number of carbonyl (C=O) groups excluding carboxylic acids is 1. The van der Waals surface area contributed by atoms with Gasteiger partial charge in [0, 0.05) is 6.61 Å². The average Bonchev–Trinajstić information content (AvgIpc) is 2.88. The fraction of sp³-hybridized carbons (Fsp3) is 0.933. The maximum absolute atomic E-state index is 11.7.